The highest BCUT2D eigenvalue weighted by molar-refractivity contribution is 5.76. The van der Waals surface area contributed by atoms with Crippen molar-refractivity contribution >= 4 is 5.91 Å². The normalized spacial score (nSPS) is 9.71. The molecule has 0 aliphatic heterocycles. The monoisotopic (exact) mass is 201 g/mol. The predicted molar refractivity (Wildman–Crippen MR) is 63.3 cm³/mol. The summed E-state index contributed by atoms with van der Waals surface area (Å²) in [6, 6.07) is 0.275. The van der Waals surface area contributed by atoms with Gasteiger partial charge < -0.3 is 5.32 Å². The minimum Gasteiger partial charge on any atom is -0.354 e. The van der Waals surface area contributed by atoms with Gasteiger partial charge in [-0.3, -0.25) is 4.79 Å². The molecule has 14 heavy (non-hydrogen) atoms. The minimum absolute atomic E-state index is 0.186. The lowest BCUT2D eigenvalue weighted by Gasteiger charge is -2.08. The quantitative estimate of drug-likeness (QED) is 0.726. The minimum atomic E-state index is 0.186. The maximum absolute atomic E-state index is 11.1. The predicted octanol–water partition coefficient (Wildman–Crippen LogP) is 3.36. The van der Waals surface area contributed by atoms with Gasteiger partial charge in [0, 0.05) is 12.5 Å². The van der Waals surface area contributed by atoms with Gasteiger partial charge in [-0.05, 0) is 26.2 Å². The highest BCUT2D eigenvalue weighted by Crippen LogP contribution is 2.05. The second-order valence-corrected chi connectivity index (χ2v) is 4.01. The van der Waals surface area contributed by atoms with Crippen molar-refractivity contribution in [2.75, 3.05) is 0 Å². The average Bonchev–Trinajstić information content (AvgIpc) is 2.05. The molecule has 0 spiro atoms. The van der Waals surface area contributed by atoms with E-state index in [-0.39, 0.29) is 11.9 Å². The first-order valence-corrected chi connectivity index (χ1v) is 5.81. The van der Waals surface area contributed by atoms with E-state index in [2.05, 4.69) is 19.2 Å². The Kier molecular flexibility index (Phi) is 12.0. The number of carbonyl (C=O) groups is 1. The number of amides is 1. The van der Waals surface area contributed by atoms with Gasteiger partial charge in [0.05, 0.1) is 0 Å². The van der Waals surface area contributed by atoms with Crippen molar-refractivity contribution in [2.24, 2.45) is 5.92 Å². The van der Waals surface area contributed by atoms with Gasteiger partial charge in [0.15, 0.2) is 0 Å². The van der Waals surface area contributed by atoms with Crippen molar-refractivity contribution < 1.29 is 4.79 Å². The molecule has 0 unspecified atom stereocenters. The van der Waals surface area contributed by atoms with Crippen molar-refractivity contribution in [1.82, 2.24) is 5.32 Å². The third kappa shape index (κ3) is 14.0. The highest BCUT2D eigenvalue weighted by Gasteiger charge is 2.02. The lowest BCUT2D eigenvalue weighted by atomic mass is 10.1. The third-order valence-electron chi connectivity index (χ3n) is 1.63. The van der Waals surface area contributed by atoms with Crippen LogP contribution in [0.5, 0.6) is 0 Å². The second kappa shape index (κ2) is 10.6. The molecular weight excluding hydrogens is 174 g/mol. The van der Waals surface area contributed by atoms with Crippen molar-refractivity contribution in [3.63, 3.8) is 0 Å². The van der Waals surface area contributed by atoms with Crippen molar-refractivity contribution in [2.45, 2.75) is 66.8 Å². The van der Waals surface area contributed by atoms with Crippen LogP contribution < -0.4 is 5.32 Å². The number of hydrogen-bond donors (Lipinski definition) is 1. The third-order valence-corrected chi connectivity index (χ3v) is 1.63. The molecule has 0 radical (unpaired) electrons. The van der Waals surface area contributed by atoms with Crippen LogP contribution in [0.3, 0.4) is 0 Å². The number of nitrogens with one attached hydrogen (secondary N) is 1. The number of hydrogen-bond acceptors (Lipinski definition) is 1. The largest absolute Gasteiger partial charge is 0.354 e. The fourth-order valence-electron chi connectivity index (χ4n) is 1.07. The lowest BCUT2D eigenvalue weighted by molar-refractivity contribution is -0.121. The fraction of sp³-hybridized carbons (Fsp3) is 0.917. The Hall–Kier alpha value is -0.530. The number of rotatable bonds is 5. The van der Waals surface area contributed by atoms with Crippen LogP contribution >= 0.6 is 0 Å². The Bertz CT molecular complexity index is 130. The van der Waals surface area contributed by atoms with Gasteiger partial charge in [-0.15, -0.1) is 0 Å². The van der Waals surface area contributed by atoms with E-state index in [0.29, 0.717) is 12.3 Å². The molecule has 0 aliphatic carbocycles. The zero-order chi connectivity index (χ0) is 11.6. The summed E-state index contributed by atoms with van der Waals surface area (Å²) < 4.78 is 0. The van der Waals surface area contributed by atoms with Gasteiger partial charge in [0.2, 0.25) is 5.91 Å². The fourth-order valence-corrected chi connectivity index (χ4v) is 1.07. The van der Waals surface area contributed by atoms with Crippen LogP contribution in [0.25, 0.3) is 0 Å². The molecule has 0 atom stereocenters. The maximum atomic E-state index is 11.1. The summed E-state index contributed by atoms with van der Waals surface area (Å²) in [5.74, 6) is 0.891. The van der Waals surface area contributed by atoms with Gasteiger partial charge in [0.1, 0.15) is 0 Å². The van der Waals surface area contributed by atoms with Crippen molar-refractivity contribution in [1.29, 1.82) is 0 Å². The van der Waals surface area contributed by atoms with E-state index in [1.807, 2.05) is 27.7 Å². The van der Waals surface area contributed by atoms with Crippen LogP contribution in [-0.2, 0) is 4.79 Å². The topological polar surface area (TPSA) is 29.1 Å². The first-order valence-electron chi connectivity index (χ1n) is 5.81. The zero-order valence-electron chi connectivity index (χ0n) is 10.7. The van der Waals surface area contributed by atoms with E-state index in [9.17, 15) is 4.79 Å². The summed E-state index contributed by atoms with van der Waals surface area (Å²) >= 11 is 0. The van der Waals surface area contributed by atoms with Crippen LogP contribution in [0.4, 0.5) is 0 Å². The Morgan fingerprint density at radius 2 is 1.64 bits per heavy atom. The molecule has 0 bridgehead atoms. The zero-order valence-corrected chi connectivity index (χ0v) is 10.7. The summed E-state index contributed by atoms with van der Waals surface area (Å²) in [6.45, 7) is 12.3. The SMILES string of the molecule is CC.CC(C)CCCC(=O)NC(C)C. The van der Waals surface area contributed by atoms with Crippen molar-refractivity contribution in [3.8, 4) is 0 Å². The van der Waals surface area contributed by atoms with Crippen LogP contribution in [0.2, 0.25) is 0 Å². The first-order chi connectivity index (χ1) is 6.52. The van der Waals surface area contributed by atoms with E-state index >= 15 is 0 Å². The standard InChI is InChI=1S/C10H21NO.C2H6/c1-8(2)6-5-7-10(12)11-9(3)4;1-2/h8-9H,5-7H2,1-4H3,(H,11,12);1-2H3. The molecule has 1 amide bonds. The van der Waals surface area contributed by atoms with Gasteiger partial charge >= 0.3 is 0 Å². The highest BCUT2D eigenvalue weighted by atomic mass is 16.1. The molecule has 0 aromatic carbocycles. The maximum Gasteiger partial charge on any atom is 0.220 e. The molecule has 0 aromatic heterocycles. The molecule has 0 aliphatic rings. The molecule has 0 rings (SSSR count). The summed E-state index contributed by atoms with van der Waals surface area (Å²) in [5, 5.41) is 2.88. The van der Waals surface area contributed by atoms with Gasteiger partial charge in [0.25, 0.3) is 0 Å². The summed E-state index contributed by atoms with van der Waals surface area (Å²) in [4.78, 5) is 11.1. The molecule has 0 fully saturated rings. The summed E-state index contributed by atoms with van der Waals surface area (Å²) in [6.07, 6.45) is 2.83. The Labute approximate surface area is 89.5 Å². The van der Waals surface area contributed by atoms with Crippen LogP contribution in [0.1, 0.15) is 60.8 Å². The average molecular weight is 201 g/mol. The molecule has 0 heterocycles. The van der Waals surface area contributed by atoms with E-state index in [4.69, 9.17) is 0 Å². The van der Waals surface area contributed by atoms with Crippen LogP contribution in [-0.4, -0.2) is 11.9 Å². The summed E-state index contributed by atoms with van der Waals surface area (Å²) in [7, 11) is 0. The smallest absolute Gasteiger partial charge is 0.220 e. The molecule has 86 valence electrons. The molecule has 0 saturated heterocycles. The summed E-state index contributed by atoms with van der Waals surface area (Å²) in [5.41, 5.74) is 0. The number of carbonyl (C=O) groups excluding carboxylic acids is 1. The lowest BCUT2D eigenvalue weighted by Crippen LogP contribution is -2.29. The molecular formula is C12H27NO. The van der Waals surface area contributed by atoms with E-state index < -0.39 is 0 Å². The van der Waals surface area contributed by atoms with Crippen LogP contribution in [0, 0.1) is 5.92 Å². The van der Waals surface area contributed by atoms with Gasteiger partial charge in [-0.2, -0.15) is 0 Å². The Balaban J connectivity index is 0. The van der Waals surface area contributed by atoms with Gasteiger partial charge in [-0.1, -0.05) is 34.1 Å². The molecule has 1 N–H and O–H groups in total. The molecule has 0 saturated carbocycles. The second-order valence-electron chi connectivity index (χ2n) is 4.01. The van der Waals surface area contributed by atoms with E-state index in [0.717, 1.165) is 12.8 Å². The van der Waals surface area contributed by atoms with E-state index in [1.165, 1.54) is 0 Å². The van der Waals surface area contributed by atoms with Crippen molar-refractivity contribution in [3.05, 3.63) is 0 Å². The Morgan fingerprint density at radius 1 is 1.14 bits per heavy atom. The van der Waals surface area contributed by atoms with Gasteiger partial charge in [-0.25, -0.2) is 0 Å². The Morgan fingerprint density at radius 3 is 2.00 bits per heavy atom. The first kappa shape index (κ1) is 15.9. The van der Waals surface area contributed by atoms with Crippen LogP contribution in [0.15, 0.2) is 0 Å². The van der Waals surface area contributed by atoms with E-state index in [1.54, 1.807) is 0 Å². The molecule has 0 aromatic rings. The molecule has 2 nitrogen and oxygen atoms in total. The molecule has 2 heteroatoms.